The lowest BCUT2D eigenvalue weighted by atomic mass is 10.4. The van der Waals surface area contributed by atoms with E-state index in [4.69, 9.17) is 0 Å². The van der Waals surface area contributed by atoms with Crippen LogP contribution in [-0.2, 0) is 0 Å². The molecule has 1 fully saturated rings. The van der Waals surface area contributed by atoms with Crippen molar-refractivity contribution in [1.29, 1.82) is 0 Å². The lowest BCUT2D eigenvalue weighted by Gasteiger charge is -2.38. The van der Waals surface area contributed by atoms with Gasteiger partial charge in [0, 0.05) is 0 Å². The molecule has 0 amide bonds. The Bertz CT molecular complexity index is 179. The van der Waals surface area contributed by atoms with E-state index in [1.54, 1.807) is 24.2 Å². The zero-order valence-electron chi connectivity index (χ0n) is 10.8. The standard InChI is InChI=1S/C12H26Br2Si2/c1-3-5-7-15(13)9-11-16(14,12-10-15)8-6-4-2/h3-12H2,1-2H3. The molecular weight excluding hydrogens is 360 g/mol. The molecular formula is C12H26Br2Si2. The summed E-state index contributed by atoms with van der Waals surface area (Å²) in [6.07, 6.45) is 5.63. The Balaban J connectivity index is 2.36. The van der Waals surface area contributed by atoms with Gasteiger partial charge in [0.1, 0.15) is 13.4 Å². The van der Waals surface area contributed by atoms with E-state index < -0.39 is 13.4 Å². The van der Waals surface area contributed by atoms with Crippen LogP contribution in [0.25, 0.3) is 0 Å². The van der Waals surface area contributed by atoms with Gasteiger partial charge in [-0.1, -0.05) is 39.5 Å². The molecule has 1 rings (SSSR count). The summed E-state index contributed by atoms with van der Waals surface area (Å²) < 4.78 is 0. The van der Waals surface area contributed by atoms with Crippen LogP contribution in [0.1, 0.15) is 39.5 Å². The number of unbranched alkanes of at least 4 members (excludes halogenated alkanes) is 2. The molecule has 0 aromatic rings. The number of rotatable bonds is 6. The fraction of sp³-hybridized carbons (Fsp3) is 1.00. The zero-order valence-corrected chi connectivity index (χ0v) is 16.0. The van der Waals surface area contributed by atoms with E-state index in [2.05, 4.69) is 44.4 Å². The summed E-state index contributed by atoms with van der Waals surface area (Å²) in [5.41, 5.74) is 0. The maximum absolute atomic E-state index is 4.16. The third-order valence-corrected chi connectivity index (χ3v) is 19.2. The van der Waals surface area contributed by atoms with Gasteiger partial charge in [-0.05, 0) is 36.3 Å². The van der Waals surface area contributed by atoms with Gasteiger partial charge in [-0.2, -0.15) is 0 Å². The van der Waals surface area contributed by atoms with E-state index in [1.165, 1.54) is 37.8 Å². The first-order valence-electron chi connectivity index (χ1n) is 6.91. The minimum Gasteiger partial charge on any atom is -0.126 e. The van der Waals surface area contributed by atoms with Gasteiger partial charge in [0.05, 0.1) is 0 Å². The number of hydrogen-bond acceptors (Lipinski definition) is 0. The van der Waals surface area contributed by atoms with Gasteiger partial charge in [0.15, 0.2) is 0 Å². The second kappa shape index (κ2) is 7.10. The van der Waals surface area contributed by atoms with Gasteiger partial charge >= 0.3 is 0 Å². The summed E-state index contributed by atoms with van der Waals surface area (Å²) in [6, 6.07) is 9.24. The van der Waals surface area contributed by atoms with Crippen LogP contribution in [0.15, 0.2) is 0 Å². The van der Waals surface area contributed by atoms with Crippen molar-refractivity contribution in [2.75, 3.05) is 0 Å². The Kier molecular flexibility index (Phi) is 6.86. The van der Waals surface area contributed by atoms with Gasteiger partial charge in [0.25, 0.3) is 0 Å². The first-order chi connectivity index (χ1) is 7.54. The summed E-state index contributed by atoms with van der Waals surface area (Å²) >= 11 is 8.31. The quantitative estimate of drug-likeness (QED) is 0.372. The molecule has 0 atom stereocenters. The highest BCUT2D eigenvalue weighted by Gasteiger charge is 2.42. The molecule has 0 N–H and O–H groups in total. The first kappa shape index (κ1) is 15.5. The van der Waals surface area contributed by atoms with Crippen LogP contribution in [-0.4, -0.2) is 13.4 Å². The molecule has 1 aliphatic heterocycles. The third kappa shape index (κ3) is 4.95. The smallest absolute Gasteiger partial charge is 0.126 e. The van der Waals surface area contributed by atoms with Crippen molar-refractivity contribution in [2.24, 2.45) is 0 Å². The predicted octanol–water partition coefficient (Wildman–Crippen LogP) is 6.28. The van der Waals surface area contributed by atoms with Crippen molar-refractivity contribution in [2.45, 2.75) is 75.8 Å². The highest BCUT2D eigenvalue weighted by atomic mass is 79.9. The average Bonchev–Trinajstić information content (AvgIpc) is 2.29. The zero-order chi connectivity index (χ0) is 12.1. The molecule has 4 heteroatoms. The topological polar surface area (TPSA) is 0 Å². The van der Waals surface area contributed by atoms with E-state index in [-0.39, 0.29) is 0 Å². The van der Waals surface area contributed by atoms with Gasteiger partial charge in [-0.25, -0.2) is 0 Å². The lowest BCUT2D eigenvalue weighted by molar-refractivity contribution is 0.850. The predicted molar refractivity (Wildman–Crippen MR) is 88.0 cm³/mol. The van der Waals surface area contributed by atoms with Crippen molar-refractivity contribution >= 4 is 44.0 Å². The minimum absolute atomic E-state index is 0.968. The fourth-order valence-electron chi connectivity index (χ4n) is 2.63. The Morgan fingerprint density at radius 2 is 1.06 bits per heavy atom. The summed E-state index contributed by atoms with van der Waals surface area (Å²) in [5, 5.41) is 0. The SMILES string of the molecule is CCCC[Si]1(Br)CC[Si](Br)(CCCC)CC1. The largest absolute Gasteiger partial charge is 0.129 e. The van der Waals surface area contributed by atoms with Gasteiger partial charge < -0.3 is 0 Å². The van der Waals surface area contributed by atoms with E-state index in [0.29, 0.717) is 0 Å². The van der Waals surface area contributed by atoms with E-state index in [1.807, 2.05) is 0 Å². The molecule has 16 heavy (non-hydrogen) atoms. The minimum atomic E-state index is -0.968. The van der Waals surface area contributed by atoms with Crippen LogP contribution in [0.5, 0.6) is 0 Å². The second-order valence-electron chi connectivity index (χ2n) is 5.51. The molecule has 96 valence electrons. The summed E-state index contributed by atoms with van der Waals surface area (Å²) in [6.45, 7) is 2.70. The van der Waals surface area contributed by atoms with Crippen molar-refractivity contribution < 1.29 is 0 Å². The van der Waals surface area contributed by atoms with E-state index in [0.717, 1.165) is 0 Å². The van der Waals surface area contributed by atoms with Crippen LogP contribution in [0.4, 0.5) is 0 Å². The van der Waals surface area contributed by atoms with Crippen LogP contribution < -0.4 is 0 Å². The highest BCUT2D eigenvalue weighted by molar-refractivity contribution is 9.26. The number of halogens is 2. The molecule has 0 bridgehead atoms. The fourth-order valence-corrected chi connectivity index (χ4v) is 22.1. The average molecular weight is 386 g/mol. The van der Waals surface area contributed by atoms with Gasteiger partial charge in [0.2, 0.25) is 0 Å². The highest BCUT2D eigenvalue weighted by Crippen LogP contribution is 2.46. The molecule has 0 nitrogen and oxygen atoms in total. The Hall–Kier alpha value is 1.39. The van der Waals surface area contributed by atoms with Crippen molar-refractivity contribution in [3.05, 3.63) is 0 Å². The Labute approximate surface area is 119 Å². The molecule has 0 aromatic carbocycles. The molecule has 1 saturated heterocycles. The second-order valence-corrected chi connectivity index (χ2v) is 23.2. The van der Waals surface area contributed by atoms with Crippen LogP contribution in [0.3, 0.4) is 0 Å². The summed E-state index contributed by atoms with van der Waals surface area (Å²) in [7, 11) is 0. The van der Waals surface area contributed by atoms with Crippen molar-refractivity contribution in [3.63, 3.8) is 0 Å². The molecule has 0 aromatic heterocycles. The van der Waals surface area contributed by atoms with Crippen LogP contribution in [0, 0.1) is 0 Å². The molecule has 0 saturated carbocycles. The molecule has 1 heterocycles. The Morgan fingerprint density at radius 3 is 1.31 bits per heavy atom. The Morgan fingerprint density at radius 1 is 0.750 bits per heavy atom. The lowest BCUT2D eigenvalue weighted by Crippen LogP contribution is -2.40. The van der Waals surface area contributed by atoms with E-state index in [9.17, 15) is 0 Å². The molecule has 0 aliphatic carbocycles. The van der Waals surface area contributed by atoms with Crippen LogP contribution >= 0.6 is 30.6 Å². The normalized spacial score (nSPS) is 35.2. The summed E-state index contributed by atoms with van der Waals surface area (Å²) in [5.74, 6) is 0. The van der Waals surface area contributed by atoms with Crippen molar-refractivity contribution in [3.8, 4) is 0 Å². The van der Waals surface area contributed by atoms with Crippen LogP contribution in [0.2, 0.25) is 36.3 Å². The number of hydrogen-bond donors (Lipinski definition) is 0. The van der Waals surface area contributed by atoms with Crippen molar-refractivity contribution in [1.82, 2.24) is 0 Å². The molecule has 0 radical (unpaired) electrons. The first-order valence-corrected chi connectivity index (χ1v) is 16.7. The van der Waals surface area contributed by atoms with Gasteiger partial charge in [-0.3, -0.25) is 0 Å². The summed E-state index contributed by atoms with van der Waals surface area (Å²) in [4.78, 5) is 0. The maximum atomic E-state index is 4.16. The molecule has 1 aliphatic rings. The maximum Gasteiger partial charge on any atom is 0.129 e. The molecule has 0 unspecified atom stereocenters. The third-order valence-electron chi connectivity index (χ3n) is 4.00. The van der Waals surface area contributed by atoms with Gasteiger partial charge in [-0.15, -0.1) is 30.6 Å². The van der Waals surface area contributed by atoms with E-state index >= 15 is 0 Å². The monoisotopic (exact) mass is 384 g/mol. The molecule has 0 spiro atoms.